The number of pyridine rings is 1. The SMILES string of the molecule is C[C@H](CO)Nc1ncc(Cl)cc1-c1ccn(C)n1. The molecule has 2 aromatic heterocycles. The fourth-order valence-corrected chi connectivity index (χ4v) is 1.75. The zero-order valence-corrected chi connectivity index (χ0v) is 11.0. The van der Waals surface area contributed by atoms with Crippen LogP contribution in [-0.2, 0) is 7.05 Å². The van der Waals surface area contributed by atoms with E-state index >= 15 is 0 Å². The van der Waals surface area contributed by atoms with Gasteiger partial charge < -0.3 is 10.4 Å². The predicted molar refractivity (Wildman–Crippen MR) is 71.6 cm³/mol. The molecule has 18 heavy (non-hydrogen) atoms. The van der Waals surface area contributed by atoms with Gasteiger partial charge in [-0.25, -0.2) is 4.98 Å². The molecule has 6 heteroatoms. The van der Waals surface area contributed by atoms with Gasteiger partial charge in [-0.2, -0.15) is 5.10 Å². The third-order valence-electron chi connectivity index (χ3n) is 2.50. The topological polar surface area (TPSA) is 63.0 Å². The maximum Gasteiger partial charge on any atom is 0.135 e. The number of nitrogens with one attached hydrogen (secondary N) is 1. The molecule has 0 aliphatic carbocycles. The summed E-state index contributed by atoms with van der Waals surface area (Å²) in [6.45, 7) is 1.91. The summed E-state index contributed by atoms with van der Waals surface area (Å²) in [5.41, 5.74) is 1.61. The lowest BCUT2D eigenvalue weighted by molar-refractivity contribution is 0.281. The number of rotatable bonds is 4. The van der Waals surface area contributed by atoms with E-state index in [1.165, 1.54) is 0 Å². The minimum absolute atomic E-state index is 0.0337. The van der Waals surface area contributed by atoms with E-state index in [1.807, 2.05) is 32.3 Å². The highest BCUT2D eigenvalue weighted by molar-refractivity contribution is 6.30. The molecule has 0 aliphatic heterocycles. The number of aliphatic hydroxyl groups is 1. The van der Waals surface area contributed by atoms with Crippen LogP contribution < -0.4 is 5.32 Å². The number of anilines is 1. The Labute approximate surface area is 110 Å². The van der Waals surface area contributed by atoms with Crippen molar-refractivity contribution in [2.45, 2.75) is 13.0 Å². The van der Waals surface area contributed by atoms with Gasteiger partial charge in [0.15, 0.2) is 0 Å². The Morgan fingerprint density at radius 1 is 1.56 bits per heavy atom. The Morgan fingerprint density at radius 2 is 2.33 bits per heavy atom. The average Bonchev–Trinajstić information content (AvgIpc) is 2.78. The molecule has 0 bridgehead atoms. The minimum Gasteiger partial charge on any atom is -0.394 e. The van der Waals surface area contributed by atoms with Crippen LogP contribution in [0.1, 0.15) is 6.92 Å². The van der Waals surface area contributed by atoms with Gasteiger partial charge in [0, 0.05) is 31.0 Å². The summed E-state index contributed by atoms with van der Waals surface area (Å²) >= 11 is 5.97. The van der Waals surface area contributed by atoms with Crippen molar-refractivity contribution in [2.24, 2.45) is 7.05 Å². The number of nitrogens with zero attached hydrogens (tertiary/aromatic N) is 3. The molecule has 0 unspecified atom stereocenters. The molecule has 0 fully saturated rings. The van der Waals surface area contributed by atoms with Crippen molar-refractivity contribution in [3.05, 3.63) is 29.5 Å². The van der Waals surface area contributed by atoms with Crippen molar-refractivity contribution in [2.75, 3.05) is 11.9 Å². The molecule has 0 saturated carbocycles. The van der Waals surface area contributed by atoms with Gasteiger partial charge in [0.1, 0.15) is 5.82 Å². The van der Waals surface area contributed by atoms with Crippen LogP contribution in [0.2, 0.25) is 5.02 Å². The number of aryl methyl sites for hydroxylation is 1. The first-order valence-corrected chi connectivity index (χ1v) is 6.01. The molecule has 5 nitrogen and oxygen atoms in total. The van der Waals surface area contributed by atoms with Gasteiger partial charge in [-0.15, -0.1) is 0 Å². The number of hydrogen-bond donors (Lipinski definition) is 2. The molecule has 0 aromatic carbocycles. The Kier molecular flexibility index (Phi) is 3.84. The normalized spacial score (nSPS) is 12.4. The molecule has 2 N–H and O–H groups in total. The molecule has 2 rings (SSSR count). The van der Waals surface area contributed by atoms with Crippen LogP contribution in [0.3, 0.4) is 0 Å². The molecule has 2 heterocycles. The molecule has 0 saturated heterocycles. The second kappa shape index (κ2) is 5.37. The van der Waals surface area contributed by atoms with Crippen molar-refractivity contribution in [1.29, 1.82) is 0 Å². The Balaban J connectivity index is 2.40. The summed E-state index contributed by atoms with van der Waals surface area (Å²) in [4.78, 5) is 4.25. The van der Waals surface area contributed by atoms with Crippen LogP contribution >= 0.6 is 11.6 Å². The number of aromatic nitrogens is 3. The van der Waals surface area contributed by atoms with E-state index in [0.29, 0.717) is 10.8 Å². The molecule has 2 aromatic rings. The number of hydrogen-bond acceptors (Lipinski definition) is 4. The van der Waals surface area contributed by atoms with Crippen molar-refractivity contribution in [1.82, 2.24) is 14.8 Å². The summed E-state index contributed by atoms with van der Waals surface area (Å²) < 4.78 is 1.72. The molecule has 0 radical (unpaired) electrons. The first-order chi connectivity index (χ1) is 8.60. The van der Waals surface area contributed by atoms with Crippen LogP contribution in [0.15, 0.2) is 24.5 Å². The van der Waals surface area contributed by atoms with Crippen LogP contribution in [0.25, 0.3) is 11.3 Å². The van der Waals surface area contributed by atoms with Crippen LogP contribution in [-0.4, -0.2) is 32.5 Å². The molecule has 0 spiro atoms. The van der Waals surface area contributed by atoms with Crippen LogP contribution in [0.5, 0.6) is 0 Å². The monoisotopic (exact) mass is 266 g/mol. The van der Waals surface area contributed by atoms with Crippen molar-refractivity contribution < 1.29 is 5.11 Å². The molecular weight excluding hydrogens is 252 g/mol. The van der Waals surface area contributed by atoms with Gasteiger partial charge in [0.25, 0.3) is 0 Å². The standard InChI is InChI=1S/C12H15ClN4O/c1-8(7-18)15-12-10(5-9(13)6-14-12)11-3-4-17(2)16-11/h3-6,8,18H,7H2,1-2H3,(H,14,15)/t8-/m1/s1. The summed E-state index contributed by atoms with van der Waals surface area (Å²) in [7, 11) is 1.85. The molecule has 0 aliphatic rings. The van der Waals surface area contributed by atoms with E-state index in [4.69, 9.17) is 16.7 Å². The Bertz CT molecular complexity index is 541. The van der Waals surface area contributed by atoms with Gasteiger partial charge in [0.05, 0.1) is 17.3 Å². The lowest BCUT2D eigenvalue weighted by Crippen LogP contribution is -2.20. The quantitative estimate of drug-likeness (QED) is 0.888. The second-order valence-electron chi connectivity index (χ2n) is 4.15. The highest BCUT2D eigenvalue weighted by Gasteiger charge is 2.12. The van der Waals surface area contributed by atoms with E-state index < -0.39 is 0 Å². The highest BCUT2D eigenvalue weighted by Crippen LogP contribution is 2.27. The Hall–Kier alpha value is -1.59. The van der Waals surface area contributed by atoms with Crippen molar-refractivity contribution in [3.8, 4) is 11.3 Å². The van der Waals surface area contributed by atoms with Gasteiger partial charge in [-0.05, 0) is 19.1 Å². The van der Waals surface area contributed by atoms with E-state index in [1.54, 1.807) is 10.9 Å². The third kappa shape index (κ3) is 2.80. The summed E-state index contributed by atoms with van der Waals surface area (Å²) in [5.74, 6) is 0.666. The lowest BCUT2D eigenvalue weighted by atomic mass is 10.2. The predicted octanol–water partition coefficient (Wildman–Crippen LogP) is 1.93. The van der Waals surface area contributed by atoms with E-state index in [-0.39, 0.29) is 12.6 Å². The Morgan fingerprint density at radius 3 is 2.94 bits per heavy atom. The highest BCUT2D eigenvalue weighted by atomic mass is 35.5. The molecule has 1 atom stereocenters. The maximum absolute atomic E-state index is 9.08. The smallest absolute Gasteiger partial charge is 0.135 e. The largest absolute Gasteiger partial charge is 0.394 e. The summed E-state index contributed by atoms with van der Waals surface area (Å²) in [6, 6.07) is 3.62. The molecular formula is C12H15ClN4O. The third-order valence-corrected chi connectivity index (χ3v) is 2.71. The zero-order chi connectivity index (χ0) is 13.1. The van der Waals surface area contributed by atoms with Crippen LogP contribution in [0.4, 0.5) is 5.82 Å². The van der Waals surface area contributed by atoms with Gasteiger partial charge in [-0.3, -0.25) is 4.68 Å². The van der Waals surface area contributed by atoms with E-state index in [2.05, 4.69) is 15.4 Å². The van der Waals surface area contributed by atoms with E-state index in [0.717, 1.165) is 11.3 Å². The molecule has 96 valence electrons. The van der Waals surface area contributed by atoms with Gasteiger partial charge in [-0.1, -0.05) is 11.6 Å². The van der Waals surface area contributed by atoms with Crippen molar-refractivity contribution in [3.63, 3.8) is 0 Å². The lowest BCUT2D eigenvalue weighted by Gasteiger charge is -2.14. The van der Waals surface area contributed by atoms with Crippen molar-refractivity contribution >= 4 is 17.4 Å². The number of aliphatic hydroxyl groups excluding tert-OH is 1. The summed E-state index contributed by atoms with van der Waals surface area (Å²) in [6.07, 6.45) is 3.43. The fourth-order valence-electron chi connectivity index (χ4n) is 1.59. The first-order valence-electron chi connectivity index (χ1n) is 5.63. The molecule has 0 amide bonds. The van der Waals surface area contributed by atoms with E-state index in [9.17, 15) is 0 Å². The summed E-state index contributed by atoms with van der Waals surface area (Å²) in [5, 5.41) is 17.1. The van der Waals surface area contributed by atoms with Crippen LogP contribution in [0, 0.1) is 0 Å². The zero-order valence-electron chi connectivity index (χ0n) is 10.3. The minimum atomic E-state index is -0.0823. The first kappa shape index (κ1) is 12.9. The number of halogens is 1. The fraction of sp³-hybridized carbons (Fsp3) is 0.333. The van der Waals surface area contributed by atoms with Gasteiger partial charge >= 0.3 is 0 Å². The van der Waals surface area contributed by atoms with Gasteiger partial charge in [0.2, 0.25) is 0 Å². The second-order valence-corrected chi connectivity index (χ2v) is 4.59. The average molecular weight is 267 g/mol. The maximum atomic E-state index is 9.08.